The lowest BCUT2D eigenvalue weighted by molar-refractivity contribution is -0.140. The molecule has 2 fully saturated rings. The maximum Gasteiger partial charge on any atom is 0.247 e. The van der Waals surface area contributed by atoms with E-state index >= 15 is 0 Å². The minimum Gasteiger partial charge on any atom is -0.497 e. The Kier molecular flexibility index (Phi) is 5.84. The Morgan fingerprint density at radius 3 is 2.41 bits per heavy atom. The van der Waals surface area contributed by atoms with E-state index in [-0.39, 0.29) is 23.8 Å². The van der Waals surface area contributed by atoms with Gasteiger partial charge in [-0.15, -0.1) is 0 Å². The molecule has 4 rings (SSSR count). The van der Waals surface area contributed by atoms with Gasteiger partial charge in [0.15, 0.2) is 0 Å². The summed E-state index contributed by atoms with van der Waals surface area (Å²) < 4.78 is 5.24. The van der Waals surface area contributed by atoms with Crippen molar-refractivity contribution in [3.8, 4) is 16.9 Å². The molecule has 0 spiro atoms. The highest BCUT2D eigenvalue weighted by Gasteiger charge is 2.37. The number of nitrogens with one attached hydrogen (secondary N) is 1. The van der Waals surface area contributed by atoms with E-state index in [1.54, 1.807) is 7.11 Å². The van der Waals surface area contributed by atoms with Crippen molar-refractivity contribution in [2.24, 2.45) is 5.92 Å². The summed E-state index contributed by atoms with van der Waals surface area (Å²) in [6, 6.07) is 15.2. The van der Waals surface area contributed by atoms with E-state index in [2.05, 4.69) is 5.32 Å². The molecule has 152 valence electrons. The van der Waals surface area contributed by atoms with Crippen molar-refractivity contribution in [1.29, 1.82) is 0 Å². The van der Waals surface area contributed by atoms with Crippen molar-refractivity contribution in [3.05, 3.63) is 48.5 Å². The Morgan fingerprint density at radius 1 is 0.966 bits per heavy atom. The van der Waals surface area contributed by atoms with Crippen LogP contribution in [0.15, 0.2) is 48.5 Å². The molecule has 5 heteroatoms. The van der Waals surface area contributed by atoms with Crippen molar-refractivity contribution < 1.29 is 14.3 Å². The average Bonchev–Trinajstić information content (AvgIpc) is 3.46. The number of nitrogens with zero attached hydrogens (tertiary/aromatic N) is 1. The number of amides is 2. The van der Waals surface area contributed by atoms with E-state index in [1.807, 2.05) is 53.4 Å². The molecular formula is C24H28N2O3. The van der Waals surface area contributed by atoms with Crippen LogP contribution in [-0.4, -0.2) is 36.4 Å². The summed E-state index contributed by atoms with van der Waals surface area (Å²) >= 11 is 0. The van der Waals surface area contributed by atoms with E-state index in [9.17, 15) is 9.59 Å². The number of carbonyl (C=O) groups excluding carboxylic acids is 2. The smallest absolute Gasteiger partial charge is 0.247 e. The molecule has 29 heavy (non-hydrogen) atoms. The maximum absolute atomic E-state index is 13.1. The van der Waals surface area contributed by atoms with E-state index in [0.29, 0.717) is 6.54 Å². The molecule has 1 saturated heterocycles. The molecule has 2 aliphatic rings. The number of ether oxygens (including phenoxy) is 1. The summed E-state index contributed by atoms with van der Waals surface area (Å²) in [5.41, 5.74) is 2.73. The zero-order chi connectivity index (χ0) is 20.2. The number of carbonyl (C=O) groups is 2. The van der Waals surface area contributed by atoms with Gasteiger partial charge in [-0.3, -0.25) is 9.59 Å². The quantitative estimate of drug-likeness (QED) is 0.816. The highest BCUT2D eigenvalue weighted by molar-refractivity contribution is 6.00. The van der Waals surface area contributed by atoms with Gasteiger partial charge in [0, 0.05) is 23.7 Å². The zero-order valence-corrected chi connectivity index (χ0v) is 16.9. The van der Waals surface area contributed by atoms with Crippen molar-refractivity contribution in [1.82, 2.24) is 4.90 Å². The summed E-state index contributed by atoms with van der Waals surface area (Å²) in [6.07, 6.45) is 5.78. The van der Waals surface area contributed by atoms with Gasteiger partial charge in [-0.05, 0) is 49.4 Å². The molecule has 1 N–H and O–H groups in total. The number of benzene rings is 2. The van der Waals surface area contributed by atoms with Gasteiger partial charge in [-0.2, -0.15) is 0 Å². The fourth-order valence-electron chi connectivity index (χ4n) is 4.54. The number of hydrogen-bond acceptors (Lipinski definition) is 3. The molecule has 0 radical (unpaired) electrons. The first kappa shape index (κ1) is 19.5. The topological polar surface area (TPSA) is 58.6 Å². The Balaban J connectivity index is 1.51. The van der Waals surface area contributed by atoms with E-state index < -0.39 is 0 Å². The van der Waals surface area contributed by atoms with Gasteiger partial charge in [0.2, 0.25) is 11.8 Å². The summed E-state index contributed by atoms with van der Waals surface area (Å²) in [7, 11) is 1.64. The van der Waals surface area contributed by atoms with Gasteiger partial charge in [0.25, 0.3) is 0 Å². The first-order valence-electron chi connectivity index (χ1n) is 10.5. The van der Waals surface area contributed by atoms with Crippen LogP contribution in [0, 0.1) is 5.92 Å². The van der Waals surface area contributed by atoms with Gasteiger partial charge in [-0.1, -0.05) is 43.2 Å². The fraction of sp³-hybridized carbons (Fsp3) is 0.417. The van der Waals surface area contributed by atoms with Gasteiger partial charge in [0.05, 0.1) is 7.11 Å². The van der Waals surface area contributed by atoms with Gasteiger partial charge < -0.3 is 15.0 Å². The fourth-order valence-corrected chi connectivity index (χ4v) is 4.54. The minimum absolute atomic E-state index is 0.0881. The van der Waals surface area contributed by atoms with Gasteiger partial charge in [-0.25, -0.2) is 0 Å². The van der Waals surface area contributed by atoms with Crippen LogP contribution < -0.4 is 10.1 Å². The highest BCUT2D eigenvalue weighted by atomic mass is 16.5. The number of hydrogen-bond donors (Lipinski definition) is 1. The van der Waals surface area contributed by atoms with Crippen LogP contribution in [-0.2, 0) is 9.59 Å². The predicted octanol–water partition coefficient (Wildman–Crippen LogP) is 4.48. The number of para-hydroxylation sites is 1. The Hall–Kier alpha value is -2.82. The number of rotatable bonds is 5. The van der Waals surface area contributed by atoms with Crippen molar-refractivity contribution >= 4 is 17.5 Å². The monoisotopic (exact) mass is 392 g/mol. The van der Waals surface area contributed by atoms with Crippen molar-refractivity contribution in [2.75, 3.05) is 19.0 Å². The van der Waals surface area contributed by atoms with E-state index in [4.69, 9.17) is 4.74 Å². The van der Waals surface area contributed by atoms with Crippen LogP contribution in [0.3, 0.4) is 0 Å². The van der Waals surface area contributed by atoms with Crippen molar-refractivity contribution in [2.45, 2.75) is 44.6 Å². The molecule has 0 unspecified atom stereocenters. The standard InChI is InChI=1S/C24H28N2O3/c1-29-19-14-12-17(13-15-19)20-9-4-5-10-21(20)25-23(27)22-11-6-16-26(22)24(28)18-7-2-3-8-18/h4-5,9-10,12-15,18,22H,2-3,6-8,11,16H2,1H3,(H,25,27)/t22-/m0/s1. The second kappa shape index (κ2) is 8.68. The highest BCUT2D eigenvalue weighted by Crippen LogP contribution is 2.32. The Bertz CT molecular complexity index is 872. The molecule has 1 saturated carbocycles. The Morgan fingerprint density at radius 2 is 1.69 bits per heavy atom. The average molecular weight is 392 g/mol. The molecule has 5 nitrogen and oxygen atoms in total. The SMILES string of the molecule is COc1ccc(-c2ccccc2NC(=O)[C@@H]2CCCN2C(=O)C2CCCC2)cc1. The lowest BCUT2D eigenvalue weighted by atomic mass is 10.0. The normalized spacial score (nSPS) is 19.3. The summed E-state index contributed by atoms with van der Waals surface area (Å²) in [5.74, 6) is 0.982. The molecule has 0 bridgehead atoms. The molecule has 1 heterocycles. The molecule has 1 aliphatic heterocycles. The first-order valence-corrected chi connectivity index (χ1v) is 10.5. The van der Waals surface area contributed by atoms with Crippen molar-refractivity contribution in [3.63, 3.8) is 0 Å². The molecule has 0 aromatic heterocycles. The number of methoxy groups -OCH3 is 1. The zero-order valence-electron chi connectivity index (χ0n) is 16.9. The lowest BCUT2D eigenvalue weighted by Crippen LogP contribution is -2.45. The summed E-state index contributed by atoms with van der Waals surface area (Å²) in [6.45, 7) is 0.688. The van der Waals surface area contributed by atoms with Gasteiger partial charge in [0.1, 0.15) is 11.8 Å². The molecule has 1 aliphatic carbocycles. The molecule has 2 amide bonds. The summed E-state index contributed by atoms with van der Waals surface area (Å²) in [5, 5.41) is 3.09. The Labute approximate surface area is 172 Å². The molecular weight excluding hydrogens is 364 g/mol. The van der Waals surface area contributed by atoms with E-state index in [1.165, 1.54) is 0 Å². The van der Waals surface area contributed by atoms with Crippen LogP contribution in [0.25, 0.3) is 11.1 Å². The lowest BCUT2D eigenvalue weighted by Gasteiger charge is -2.27. The van der Waals surface area contributed by atoms with E-state index in [0.717, 1.165) is 61.1 Å². The predicted molar refractivity (Wildman–Crippen MR) is 114 cm³/mol. The third kappa shape index (κ3) is 4.14. The molecule has 1 atom stereocenters. The minimum atomic E-state index is -0.368. The second-order valence-corrected chi connectivity index (χ2v) is 7.93. The van der Waals surface area contributed by atoms with Crippen LogP contribution in [0.1, 0.15) is 38.5 Å². The van der Waals surface area contributed by atoms with Crippen LogP contribution in [0.4, 0.5) is 5.69 Å². The molecule has 2 aromatic carbocycles. The largest absolute Gasteiger partial charge is 0.497 e. The summed E-state index contributed by atoms with van der Waals surface area (Å²) in [4.78, 5) is 27.8. The molecule has 2 aromatic rings. The van der Waals surface area contributed by atoms with Gasteiger partial charge >= 0.3 is 0 Å². The van der Waals surface area contributed by atoms with Crippen LogP contribution >= 0.6 is 0 Å². The van der Waals surface area contributed by atoms with Crippen LogP contribution in [0.5, 0.6) is 5.75 Å². The second-order valence-electron chi connectivity index (χ2n) is 7.93. The number of likely N-dealkylation sites (tertiary alicyclic amines) is 1. The third-order valence-electron chi connectivity index (χ3n) is 6.13. The number of anilines is 1. The maximum atomic E-state index is 13.1. The first-order chi connectivity index (χ1) is 14.2. The third-order valence-corrected chi connectivity index (χ3v) is 6.13. The van der Waals surface area contributed by atoms with Crippen LogP contribution in [0.2, 0.25) is 0 Å².